The van der Waals surface area contributed by atoms with Crippen LogP contribution in [0.1, 0.15) is 31.4 Å². The smallest absolute Gasteiger partial charge is 0.228 e. The van der Waals surface area contributed by atoms with E-state index in [0.717, 1.165) is 31.6 Å². The third-order valence-electron chi connectivity index (χ3n) is 4.16. The number of hydrogen-bond donors (Lipinski definition) is 1. The molecule has 0 saturated carbocycles. The highest BCUT2D eigenvalue weighted by atomic mass is 35.5. The second-order valence-corrected chi connectivity index (χ2v) is 7.58. The quantitative estimate of drug-likeness (QED) is 0.646. The number of nitrogens with zero attached hydrogens (tertiary/aromatic N) is 2. The van der Waals surface area contributed by atoms with Crippen molar-refractivity contribution in [1.82, 2.24) is 10.3 Å². The standard InChI is InChI=1S/C19H22ClN3O3S/c20-14-5-7-16(8-6-14)26-11-2-1-9-21-17(24)12-15-13-27-19(22-15)23-10-3-4-18(23)25/h5-8,13H,1-4,9-12H2,(H,21,24). The lowest BCUT2D eigenvalue weighted by atomic mass is 10.3. The molecule has 1 aliphatic rings. The van der Waals surface area contributed by atoms with Gasteiger partial charge >= 0.3 is 0 Å². The number of hydrogen-bond acceptors (Lipinski definition) is 5. The topological polar surface area (TPSA) is 71.5 Å². The van der Waals surface area contributed by atoms with E-state index in [0.29, 0.717) is 35.4 Å². The molecule has 0 atom stereocenters. The number of ether oxygens (including phenoxy) is 1. The largest absolute Gasteiger partial charge is 0.494 e. The number of halogens is 1. The average molecular weight is 408 g/mol. The van der Waals surface area contributed by atoms with Crippen LogP contribution in [0.5, 0.6) is 5.75 Å². The first-order valence-electron chi connectivity index (χ1n) is 9.01. The molecule has 0 radical (unpaired) electrons. The molecule has 8 heteroatoms. The Morgan fingerprint density at radius 1 is 1.30 bits per heavy atom. The maximum atomic E-state index is 12.0. The van der Waals surface area contributed by atoms with Gasteiger partial charge in [0.1, 0.15) is 5.75 Å². The van der Waals surface area contributed by atoms with Crippen LogP contribution in [0.4, 0.5) is 5.13 Å². The summed E-state index contributed by atoms with van der Waals surface area (Å²) in [7, 11) is 0. The zero-order chi connectivity index (χ0) is 19.1. The summed E-state index contributed by atoms with van der Waals surface area (Å²) in [6, 6.07) is 7.26. The zero-order valence-electron chi connectivity index (χ0n) is 14.9. The first-order chi connectivity index (χ1) is 13.1. The number of rotatable bonds is 9. The highest BCUT2D eigenvalue weighted by molar-refractivity contribution is 7.14. The number of nitrogens with one attached hydrogen (secondary N) is 1. The summed E-state index contributed by atoms with van der Waals surface area (Å²) >= 11 is 7.24. The Hall–Kier alpha value is -2.12. The van der Waals surface area contributed by atoms with Crippen molar-refractivity contribution in [2.75, 3.05) is 24.6 Å². The van der Waals surface area contributed by atoms with Crippen LogP contribution in [0.2, 0.25) is 5.02 Å². The predicted molar refractivity (Wildman–Crippen MR) is 107 cm³/mol. The fourth-order valence-corrected chi connectivity index (χ4v) is 3.75. The zero-order valence-corrected chi connectivity index (χ0v) is 16.5. The number of benzene rings is 1. The fourth-order valence-electron chi connectivity index (χ4n) is 2.75. The molecule has 1 aromatic carbocycles. The first-order valence-corrected chi connectivity index (χ1v) is 10.3. The van der Waals surface area contributed by atoms with E-state index in [1.807, 2.05) is 17.5 Å². The van der Waals surface area contributed by atoms with Crippen molar-refractivity contribution in [3.05, 3.63) is 40.4 Å². The number of carbonyl (C=O) groups excluding carboxylic acids is 2. The van der Waals surface area contributed by atoms with Gasteiger partial charge in [-0.05, 0) is 43.5 Å². The molecule has 1 aliphatic heterocycles. The van der Waals surface area contributed by atoms with E-state index in [2.05, 4.69) is 10.3 Å². The Labute approximate surface area is 167 Å². The number of thiazole rings is 1. The monoisotopic (exact) mass is 407 g/mol. The molecule has 27 heavy (non-hydrogen) atoms. The summed E-state index contributed by atoms with van der Waals surface area (Å²) < 4.78 is 5.61. The Morgan fingerprint density at radius 3 is 2.85 bits per heavy atom. The summed E-state index contributed by atoms with van der Waals surface area (Å²) in [6.07, 6.45) is 3.37. The molecule has 1 saturated heterocycles. The minimum Gasteiger partial charge on any atom is -0.494 e. The molecule has 1 aromatic heterocycles. The molecule has 144 valence electrons. The van der Waals surface area contributed by atoms with E-state index in [4.69, 9.17) is 16.3 Å². The molecule has 3 rings (SSSR count). The van der Waals surface area contributed by atoms with Crippen molar-refractivity contribution < 1.29 is 14.3 Å². The molecule has 2 heterocycles. The lowest BCUT2D eigenvalue weighted by Gasteiger charge is -2.10. The van der Waals surface area contributed by atoms with Crippen LogP contribution in [0, 0.1) is 0 Å². The lowest BCUT2D eigenvalue weighted by Crippen LogP contribution is -2.27. The minimum atomic E-state index is -0.0572. The Morgan fingerprint density at radius 2 is 2.11 bits per heavy atom. The number of aromatic nitrogens is 1. The lowest BCUT2D eigenvalue weighted by molar-refractivity contribution is -0.120. The van der Waals surface area contributed by atoms with Gasteiger partial charge in [-0.3, -0.25) is 14.5 Å². The molecule has 2 amide bonds. The van der Waals surface area contributed by atoms with Crippen molar-refractivity contribution in [2.45, 2.75) is 32.1 Å². The summed E-state index contributed by atoms with van der Waals surface area (Å²) in [4.78, 5) is 29.9. The van der Waals surface area contributed by atoms with Crippen LogP contribution in [-0.2, 0) is 16.0 Å². The van der Waals surface area contributed by atoms with E-state index in [9.17, 15) is 9.59 Å². The van der Waals surface area contributed by atoms with Crippen molar-refractivity contribution >= 4 is 39.9 Å². The van der Waals surface area contributed by atoms with Crippen molar-refractivity contribution in [3.8, 4) is 5.75 Å². The molecule has 6 nitrogen and oxygen atoms in total. The number of carbonyl (C=O) groups is 2. The first kappa shape index (κ1) is 19.6. The second-order valence-electron chi connectivity index (χ2n) is 6.31. The molecule has 0 aliphatic carbocycles. The van der Waals surface area contributed by atoms with Gasteiger partial charge in [-0.15, -0.1) is 11.3 Å². The van der Waals surface area contributed by atoms with Gasteiger partial charge in [-0.1, -0.05) is 11.6 Å². The van der Waals surface area contributed by atoms with Gasteiger partial charge in [-0.2, -0.15) is 0 Å². The number of unbranched alkanes of at least 4 members (excludes halogenated alkanes) is 1. The normalized spacial score (nSPS) is 13.8. The summed E-state index contributed by atoms with van der Waals surface area (Å²) in [5.74, 6) is 0.846. The van der Waals surface area contributed by atoms with E-state index in [1.165, 1.54) is 11.3 Å². The van der Waals surface area contributed by atoms with Gasteiger partial charge in [0.05, 0.1) is 18.7 Å². The Balaban J connectivity index is 1.30. The van der Waals surface area contributed by atoms with Crippen molar-refractivity contribution in [2.24, 2.45) is 0 Å². The van der Waals surface area contributed by atoms with Crippen LogP contribution in [0.15, 0.2) is 29.6 Å². The summed E-state index contributed by atoms with van der Waals surface area (Å²) in [5, 5.41) is 6.12. The third-order valence-corrected chi connectivity index (χ3v) is 5.33. The van der Waals surface area contributed by atoms with Crippen LogP contribution in [0.3, 0.4) is 0 Å². The van der Waals surface area contributed by atoms with Gasteiger partial charge < -0.3 is 10.1 Å². The van der Waals surface area contributed by atoms with E-state index in [1.54, 1.807) is 17.0 Å². The second kappa shape index (κ2) is 9.71. The van der Waals surface area contributed by atoms with Gasteiger partial charge in [0.25, 0.3) is 0 Å². The highest BCUT2D eigenvalue weighted by Gasteiger charge is 2.24. The fraction of sp³-hybridized carbons (Fsp3) is 0.421. The highest BCUT2D eigenvalue weighted by Crippen LogP contribution is 2.25. The van der Waals surface area contributed by atoms with Crippen LogP contribution in [-0.4, -0.2) is 36.5 Å². The Bertz CT molecular complexity index is 779. The molecule has 0 spiro atoms. The maximum absolute atomic E-state index is 12.0. The van der Waals surface area contributed by atoms with E-state index >= 15 is 0 Å². The summed E-state index contributed by atoms with van der Waals surface area (Å²) in [5.41, 5.74) is 0.707. The molecule has 0 unspecified atom stereocenters. The van der Waals surface area contributed by atoms with Gasteiger partial charge in [0.15, 0.2) is 5.13 Å². The molecule has 2 aromatic rings. The molecule has 1 N–H and O–H groups in total. The molecule has 1 fully saturated rings. The van der Waals surface area contributed by atoms with E-state index < -0.39 is 0 Å². The van der Waals surface area contributed by atoms with Gasteiger partial charge in [-0.25, -0.2) is 4.98 Å². The molecular weight excluding hydrogens is 386 g/mol. The van der Waals surface area contributed by atoms with Crippen LogP contribution < -0.4 is 15.0 Å². The predicted octanol–water partition coefficient (Wildman–Crippen LogP) is 3.44. The minimum absolute atomic E-state index is 0.0572. The maximum Gasteiger partial charge on any atom is 0.228 e. The molecule has 0 bridgehead atoms. The third kappa shape index (κ3) is 5.94. The SMILES string of the molecule is O=C(Cc1csc(N2CCCC2=O)n1)NCCCCOc1ccc(Cl)cc1. The number of amides is 2. The Kier molecular flexibility index (Phi) is 7.06. The van der Waals surface area contributed by atoms with Gasteiger partial charge in [0.2, 0.25) is 11.8 Å². The van der Waals surface area contributed by atoms with Crippen LogP contribution in [0.25, 0.3) is 0 Å². The average Bonchev–Trinajstić information content (AvgIpc) is 3.28. The van der Waals surface area contributed by atoms with Crippen LogP contribution >= 0.6 is 22.9 Å². The van der Waals surface area contributed by atoms with Gasteiger partial charge in [0, 0.05) is 29.9 Å². The van der Waals surface area contributed by atoms with Crippen molar-refractivity contribution in [3.63, 3.8) is 0 Å². The van der Waals surface area contributed by atoms with Crippen molar-refractivity contribution in [1.29, 1.82) is 0 Å². The molecular formula is C19H22ClN3O3S. The number of anilines is 1. The van der Waals surface area contributed by atoms with E-state index in [-0.39, 0.29) is 18.2 Å². The summed E-state index contributed by atoms with van der Waals surface area (Å²) in [6.45, 7) is 1.91.